The number of nitrogens with zero attached hydrogens (tertiary/aromatic N) is 1. The van der Waals surface area contributed by atoms with Crippen molar-refractivity contribution in [3.63, 3.8) is 0 Å². The highest BCUT2D eigenvalue weighted by Gasteiger charge is 2.17. The Morgan fingerprint density at radius 2 is 1.75 bits per heavy atom. The van der Waals surface area contributed by atoms with Gasteiger partial charge in [-0.2, -0.15) is 0 Å². The first-order chi connectivity index (χ1) is 7.59. The van der Waals surface area contributed by atoms with Crippen molar-refractivity contribution in [1.29, 1.82) is 0 Å². The Hall–Kier alpha value is -1.32. The van der Waals surface area contributed by atoms with Crippen LogP contribution in [0, 0.1) is 0 Å². The van der Waals surface area contributed by atoms with Crippen LogP contribution in [0.15, 0.2) is 12.2 Å². The second-order valence-electron chi connectivity index (χ2n) is 4.23. The zero-order valence-corrected chi connectivity index (χ0v) is 9.57. The molecule has 0 aromatic heterocycles. The minimum Gasteiger partial charge on any atom is -0.481 e. The molecule has 1 N–H and O–H groups in total. The number of carbonyl (C=O) groups excluding carboxylic acids is 1. The van der Waals surface area contributed by atoms with Crippen LogP contribution in [0.2, 0.25) is 0 Å². The number of amides is 1. The lowest BCUT2D eigenvalue weighted by Gasteiger charge is -2.28. The molecule has 0 aromatic carbocycles. The summed E-state index contributed by atoms with van der Waals surface area (Å²) in [7, 11) is 0. The lowest BCUT2D eigenvalue weighted by molar-refractivity contribution is -0.137. The summed E-state index contributed by atoms with van der Waals surface area (Å²) >= 11 is 0. The van der Waals surface area contributed by atoms with Crippen LogP contribution in [0.5, 0.6) is 0 Å². The predicted octanol–water partition coefficient (Wildman–Crippen LogP) is 1.81. The lowest BCUT2D eigenvalue weighted by atomic mass is 10.1. The van der Waals surface area contributed by atoms with Crippen LogP contribution in [0.1, 0.15) is 38.5 Å². The summed E-state index contributed by atoms with van der Waals surface area (Å²) in [5.74, 6) is -0.639. The van der Waals surface area contributed by atoms with Gasteiger partial charge in [0.25, 0.3) is 0 Å². The third-order valence-corrected chi connectivity index (χ3v) is 2.85. The summed E-state index contributed by atoms with van der Waals surface area (Å²) in [5.41, 5.74) is 1.22. The molecular formula is C12H19NO3. The van der Waals surface area contributed by atoms with Crippen molar-refractivity contribution >= 4 is 11.9 Å². The minimum atomic E-state index is -0.790. The van der Waals surface area contributed by atoms with Crippen LogP contribution >= 0.6 is 0 Å². The molecule has 0 radical (unpaired) electrons. The summed E-state index contributed by atoms with van der Waals surface area (Å²) < 4.78 is 0. The van der Waals surface area contributed by atoms with Crippen molar-refractivity contribution in [2.24, 2.45) is 0 Å². The summed E-state index contributed by atoms with van der Waals surface area (Å²) in [4.78, 5) is 23.8. The first-order valence-corrected chi connectivity index (χ1v) is 5.76. The molecule has 90 valence electrons. The quantitative estimate of drug-likeness (QED) is 0.573. The number of piperidine rings is 1. The molecule has 1 aliphatic heterocycles. The second kappa shape index (κ2) is 6.30. The van der Waals surface area contributed by atoms with E-state index in [0.717, 1.165) is 25.9 Å². The Labute approximate surface area is 95.9 Å². The number of carbonyl (C=O) groups is 2. The monoisotopic (exact) mass is 225 g/mol. The zero-order chi connectivity index (χ0) is 12.0. The van der Waals surface area contributed by atoms with Gasteiger partial charge in [0.05, 0.1) is 0 Å². The van der Waals surface area contributed by atoms with Crippen molar-refractivity contribution in [3.05, 3.63) is 12.2 Å². The number of aliphatic carboxylic acids is 1. The van der Waals surface area contributed by atoms with Gasteiger partial charge in [-0.25, -0.2) is 0 Å². The van der Waals surface area contributed by atoms with E-state index >= 15 is 0 Å². The average Bonchev–Trinajstić information content (AvgIpc) is 2.25. The Bertz CT molecular complexity index is 276. The van der Waals surface area contributed by atoms with Crippen molar-refractivity contribution in [1.82, 2.24) is 4.90 Å². The smallest absolute Gasteiger partial charge is 0.303 e. The van der Waals surface area contributed by atoms with E-state index in [1.807, 2.05) is 4.90 Å². The molecule has 0 atom stereocenters. The molecule has 0 spiro atoms. The highest BCUT2D eigenvalue weighted by molar-refractivity contribution is 5.76. The number of carboxylic acid groups (broad SMARTS) is 1. The van der Waals surface area contributed by atoms with E-state index in [-0.39, 0.29) is 12.3 Å². The van der Waals surface area contributed by atoms with Crippen LogP contribution < -0.4 is 0 Å². The second-order valence-corrected chi connectivity index (χ2v) is 4.23. The molecule has 0 aromatic rings. The van der Waals surface area contributed by atoms with Crippen LogP contribution in [-0.2, 0) is 9.59 Å². The number of rotatable bonds is 5. The molecule has 1 fully saturated rings. The van der Waals surface area contributed by atoms with E-state index in [4.69, 9.17) is 5.11 Å². The number of hydrogen-bond acceptors (Lipinski definition) is 2. The molecule has 16 heavy (non-hydrogen) atoms. The predicted molar refractivity (Wildman–Crippen MR) is 61.1 cm³/mol. The fraction of sp³-hybridized carbons (Fsp3) is 0.667. The Kier molecular flexibility index (Phi) is 5.02. The van der Waals surface area contributed by atoms with Gasteiger partial charge >= 0.3 is 5.97 Å². The molecule has 0 bridgehead atoms. The number of unbranched alkanes of at least 4 members (excludes halogenated alkanes) is 1. The highest BCUT2D eigenvalue weighted by atomic mass is 16.4. The fourth-order valence-corrected chi connectivity index (χ4v) is 1.78. The van der Waals surface area contributed by atoms with Crippen LogP contribution in [0.4, 0.5) is 0 Å². The van der Waals surface area contributed by atoms with Crippen LogP contribution in [-0.4, -0.2) is 35.0 Å². The van der Waals surface area contributed by atoms with Crippen molar-refractivity contribution in [2.75, 3.05) is 13.1 Å². The average molecular weight is 225 g/mol. The first kappa shape index (κ1) is 12.7. The zero-order valence-electron chi connectivity index (χ0n) is 9.57. The topological polar surface area (TPSA) is 57.6 Å². The van der Waals surface area contributed by atoms with Crippen LogP contribution in [0.25, 0.3) is 0 Å². The Morgan fingerprint density at radius 1 is 1.19 bits per heavy atom. The van der Waals surface area contributed by atoms with Gasteiger partial charge in [-0.3, -0.25) is 9.59 Å². The molecule has 1 aliphatic rings. The highest BCUT2D eigenvalue weighted by Crippen LogP contribution is 2.15. The summed E-state index contributed by atoms with van der Waals surface area (Å²) in [6.45, 7) is 5.45. The minimum absolute atomic E-state index is 0.151. The number of carboxylic acids is 1. The van der Waals surface area contributed by atoms with E-state index in [2.05, 4.69) is 6.58 Å². The standard InChI is InChI=1S/C12H19NO3/c1-10-6-8-13(9-7-10)11(14)4-2-3-5-12(15)16/h1-9H2,(H,15,16). The third-order valence-electron chi connectivity index (χ3n) is 2.85. The SMILES string of the molecule is C=C1CCN(C(=O)CCCCC(=O)O)CC1. The maximum Gasteiger partial charge on any atom is 0.303 e. The molecule has 1 heterocycles. The Balaban J connectivity index is 2.15. The van der Waals surface area contributed by atoms with E-state index in [1.165, 1.54) is 5.57 Å². The molecule has 0 saturated carbocycles. The maximum absolute atomic E-state index is 11.7. The van der Waals surface area contributed by atoms with Crippen molar-refractivity contribution < 1.29 is 14.7 Å². The molecule has 1 rings (SSSR count). The first-order valence-electron chi connectivity index (χ1n) is 5.76. The number of hydrogen-bond donors (Lipinski definition) is 1. The maximum atomic E-state index is 11.7. The van der Waals surface area contributed by atoms with Crippen molar-refractivity contribution in [3.8, 4) is 0 Å². The van der Waals surface area contributed by atoms with Gasteiger partial charge in [-0.1, -0.05) is 12.2 Å². The summed E-state index contributed by atoms with van der Waals surface area (Å²) in [5, 5.41) is 8.45. The van der Waals surface area contributed by atoms with Gasteiger partial charge in [0, 0.05) is 25.9 Å². The Morgan fingerprint density at radius 3 is 2.31 bits per heavy atom. The molecule has 0 aliphatic carbocycles. The summed E-state index contributed by atoms with van der Waals surface area (Å²) in [6.07, 6.45) is 3.69. The normalized spacial score (nSPS) is 16.2. The molecule has 1 amide bonds. The largest absolute Gasteiger partial charge is 0.481 e. The lowest BCUT2D eigenvalue weighted by Crippen LogP contribution is -2.36. The van der Waals surface area contributed by atoms with Gasteiger partial charge in [-0.15, -0.1) is 0 Å². The number of likely N-dealkylation sites (tertiary alicyclic amines) is 1. The van der Waals surface area contributed by atoms with Gasteiger partial charge in [-0.05, 0) is 25.7 Å². The molecule has 1 saturated heterocycles. The van der Waals surface area contributed by atoms with Crippen molar-refractivity contribution in [2.45, 2.75) is 38.5 Å². The molecule has 4 nitrogen and oxygen atoms in total. The summed E-state index contributed by atoms with van der Waals surface area (Å²) in [6, 6.07) is 0. The molecular weight excluding hydrogens is 206 g/mol. The van der Waals surface area contributed by atoms with E-state index in [1.54, 1.807) is 0 Å². The van der Waals surface area contributed by atoms with Gasteiger partial charge in [0.2, 0.25) is 5.91 Å². The van der Waals surface area contributed by atoms with Crippen LogP contribution in [0.3, 0.4) is 0 Å². The third kappa shape index (κ3) is 4.47. The van der Waals surface area contributed by atoms with E-state index < -0.39 is 5.97 Å². The van der Waals surface area contributed by atoms with Gasteiger partial charge in [0.1, 0.15) is 0 Å². The van der Waals surface area contributed by atoms with Gasteiger partial charge < -0.3 is 10.0 Å². The van der Waals surface area contributed by atoms with E-state index in [0.29, 0.717) is 19.3 Å². The molecule has 0 unspecified atom stereocenters. The molecule has 4 heteroatoms. The fourth-order valence-electron chi connectivity index (χ4n) is 1.78. The van der Waals surface area contributed by atoms with Gasteiger partial charge in [0.15, 0.2) is 0 Å². The van der Waals surface area contributed by atoms with E-state index in [9.17, 15) is 9.59 Å².